The second-order valence-corrected chi connectivity index (χ2v) is 8.03. The van der Waals surface area contributed by atoms with Crippen LogP contribution in [0.2, 0.25) is 0 Å². The van der Waals surface area contributed by atoms with E-state index in [4.69, 9.17) is 9.47 Å². The number of ether oxygens (including phenoxy) is 2. The van der Waals surface area contributed by atoms with E-state index in [1.165, 1.54) is 22.5 Å². The Morgan fingerprint density at radius 3 is 2.53 bits per heavy atom. The van der Waals surface area contributed by atoms with Crippen LogP contribution < -0.4 is 20.5 Å². The molecule has 34 heavy (non-hydrogen) atoms. The Bertz CT molecular complexity index is 1400. The summed E-state index contributed by atoms with van der Waals surface area (Å²) in [6.07, 6.45) is 1.51. The number of nitrogens with zero attached hydrogens (tertiary/aromatic N) is 3. The summed E-state index contributed by atoms with van der Waals surface area (Å²) in [7, 11) is 3.11. The van der Waals surface area contributed by atoms with Crippen LogP contribution in [0.1, 0.15) is 5.56 Å². The molecule has 0 unspecified atom stereocenters. The summed E-state index contributed by atoms with van der Waals surface area (Å²) in [5.74, 6) is 0.867. The monoisotopic (exact) mass is 474 g/mol. The topological polar surface area (TPSA) is 94.8 Å². The lowest BCUT2D eigenvalue weighted by molar-refractivity contribution is -0.118. The number of para-hydroxylation sites is 2. The van der Waals surface area contributed by atoms with Gasteiger partial charge in [0.25, 0.3) is 11.5 Å². The predicted molar refractivity (Wildman–Crippen MR) is 133 cm³/mol. The highest BCUT2D eigenvalue weighted by Gasteiger charge is 2.14. The van der Waals surface area contributed by atoms with Gasteiger partial charge in [0.15, 0.2) is 16.7 Å². The fourth-order valence-corrected chi connectivity index (χ4v) is 4.09. The summed E-state index contributed by atoms with van der Waals surface area (Å²) in [4.78, 5) is 30.2. The zero-order valence-electron chi connectivity index (χ0n) is 18.6. The van der Waals surface area contributed by atoms with E-state index < -0.39 is 0 Å². The lowest BCUT2D eigenvalue weighted by atomic mass is 10.2. The van der Waals surface area contributed by atoms with Crippen LogP contribution in [-0.4, -0.2) is 41.6 Å². The van der Waals surface area contributed by atoms with Crippen LogP contribution in [0, 0.1) is 0 Å². The average molecular weight is 475 g/mol. The second-order valence-electron chi connectivity index (χ2n) is 7.08. The minimum absolute atomic E-state index is 0.0287. The number of aromatic nitrogens is 2. The molecule has 0 aliphatic rings. The van der Waals surface area contributed by atoms with E-state index in [0.717, 1.165) is 5.56 Å². The maximum atomic E-state index is 13.2. The standard InChI is InChI=1S/C25H22N4O4S/c1-32-21-13-12-17(14-22(21)33-2)15-26-28-23(30)16-34-25-27-20-11-7-6-10-19(20)24(31)29(25)18-8-4-3-5-9-18/h3-15H,16H2,1-2H3,(H,28,30). The van der Waals surface area contributed by atoms with Crippen molar-refractivity contribution in [2.24, 2.45) is 5.10 Å². The molecule has 0 aliphatic carbocycles. The Kier molecular flexibility index (Phi) is 7.24. The molecular weight excluding hydrogens is 452 g/mol. The van der Waals surface area contributed by atoms with Gasteiger partial charge in [-0.2, -0.15) is 5.10 Å². The van der Waals surface area contributed by atoms with Gasteiger partial charge in [0.2, 0.25) is 0 Å². The first-order valence-corrected chi connectivity index (χ1v) is 11.3. The zero-order chi connectivity index (χ0) is 23.9. The van der Waals surface area contributed by atoms with Crippen molar-refractivity contribution in [3.63, 3.8) is 0 Å². The quantitative estimate of drug-likeness (QED) is 0.181. The molecule has 4 rings (SSSR count). The number of benzene rings is 3. The SMILES string of the molecule is COc1ccc(C=NNC(=O)CSc2nc3ccccc3c(=O)n2-c2ccccc2)cc1OC. The van der Waals surface area contributed by atoms with Crippen molar-refractivity contribution in [1.82, 2.24) is 15.0 Å². The van der Waals surface area contributed by atoms with Crippen molar-refractivity contribution >= 4 is 34.8 Å². The molecule has 0 aliphatic heterocycles. The Labute approximate surface area is 200 Å². The second kappa shape index (κ2) is 10.7. The van der Waals surface area contributed by atoms with Gasteiger partial charge in [0.05, 0.1) is 42.8 Å². The Morgan fingerprint density at radius 1 is 1.03 bits per heavy atom. The zero-order valence-corrected chi connectivity index (χ0v) is 19.4. The first-order valence-electron chi connectivity index (χ1n) is 10.3. The maximum Gasteiger partial charge on any atom is 0.266 e. The molecule has 4 aromatic rings. The number of carbonyl (C=O) groups is 1. The summed E-state index contributed by atoms with van der Waals surface area (Å²) in [6.45, 7) is 0. The molecule has 172 valence electrons. The lowest BCUT2D eigenvalue weighted by Gasteiger charge is -2.12. The number of fused-ring (bicyclic) bond motifs is 1. The summed E-state index contributed by atoms with van der Waals surface area (Å²) >= 11 is 1.17. The molecular formula is C25H22N4O4S. The number of methoxy groups -OCH3 is 2. The third-order valence-electron chi connectivity index (χ3n) is 4.90. The number of hydrogen-bond donors (Lipinski definition) is 1. The first-order chi connectivity index (χ1) is 16.6. The molecule has 1 heterocycles. The van der Waals surface area contributed by atoms with Gasteiger partial charge in [-0.05, 0) is 48.0 Å². The number of thioether (sulfide) groups is 1. The minimum atomic E-state index is -0.330. The predicted octanol–water partition coefficient (Wildman–Crippen LogP) is 3.65. The molecule has 1 aromatic heterocycles. The van der Waals surface area contributed by atoms with E-state index in [1.807, 2.05) is 36.4 Å². The number of rotatable bonds is 8. The lowest BCUT2D eigenvalue weighted by Crippen LogP contribution is -2.24. The van der Waals surface area contributed by atoms with Crippen LogP contribution in [0.4, 0.5) is 0 Å². The van der Waals surface area contributed by atoms with Crippen molar-refractivity contribution in [2.45, 2.75) is 5.16 Å². The normalized spacial score (nSPS) is 11.0. The van der Waals surface area contributed by atoms with Gasteiger partial charge >= 0.3 is 0 Å². The van der Waals surface area contributed by atoms with Gasteiger partial charge in [0.1, 0.15) is 0 Å². The van der Waals surface area contributed by atoms with E-state index in [-0.39, 0.29) is 17.2 Å². The Morgan fingerprint density at radius 2 is 1.76 bits per heavy atom. The van der Waals surface area contributed by atoms with E-state index in [1.54, 1.807) is 50.6 Å². The molecule has 9 heteroatoms. The Hall–Kier alpha value is -4.11. The highest BCUT2D eigenvalue weighted by molar-refractivity contribution is 7.99. The third-order valence-corrected chi connectivity index (χ3v) is 5.84. The van der Waals surface area contributed by atoms with Crippen LogP contribution in [0.25, 0.3) is 16.6 Å². The van der Waals surface area contributed by atoms with Gasteiger partial charge in [-0.1, -0.05) is 42.1 Å². The van der Waals surface area contributed by atoms with Gasteiger partial charge < -0.3 is 9.47 Å². The van der Waals surface area contributed by atoms with E-state index in [0.29, 0.717) is 33.2 Å². The molecule has 1 amide bonds. The maximum absolute atomic E-state index is 13.2. The number of amides is 1. The van der Waals surface area contributed by atoms with Crippen LogP contribution in [0.15, 0.2) is 87.8 Å². The molecule has 1 N–H and O–H groups in total. The van der Waals surface area contributed by atoms with Crippen molar-refractivity contribution in [2.75, 3.05) is 20.0 Å². The van der Waals surface area contributed by atoms with E-state index in [2.05, 4.69) is 15.5 Å². The molecule has 0 saturated carbocycles. The van der Waals surface area contributed by atoms with Crippen molar-refractivity contribution in [3.05, 3.63) is 88.7 Å². The summed E-state index contributed by atoms with van der Waals surface area (Å²) in [5, 5.41) is 4.95. The summed E-state index contributed by atoms with van der Waals surface area (Å²) in [5.41, 5.74) is 4.31. The largest absolute Gasteiger partial charge is 0.493 e. The summed E-state index contributed by atoms with van der Waals surface area (Å²) in [6, 6.07) is 21.7. The van der Waals surface area contributed by atoms with Crippen LogP contribution in [0.3, 0.4) is 0 Å². The molecule has 0 atom stereocenters. The van der Waals surface area contributed by atoms with Crippen molar-refractivity contribution in [1.29, 1.82) is 0 Å². The van der Waals surface area contributed by atoms with Gasteiger partial charge in [-0.3, -0.25) is 14.2 Å². The fourth-order valence-electron chi connectivity index (χ4n) is 3.29. The molecule has 8 nitrogen and oxygen atoms in total. The van der Waals surface area contributed by atoms with Crippen LogP contribution in [-0.2, 0) is 4.79 Å². The van der Waals surface area contributed by atoms with Crippen molar-refractivity contribution in [3.8, 4) is 17.2 Å². The molecule has 3 aromatic carbocycles. The number of nitrogens with one attached hydrogen (secondary N) is 1. The smallest absolute Gasteiger partial charge is 0.266 e. The van der Waals surface area contributed by atoms with Crippen molar-refractivity contribution < 1.29 is 14.3 Å². The van der Waals surface area contributed by atoms with Gasteiger partial charge in [-0.25, -0.2) is 10.4 Å². The van der Waals surface area contributed by atoms with E-state index in [9.17, 15) is 9.59 Å². The molecule has 0 bridgehead atoms. The van der Waals surface area contributed by atoms with Crippen LogP contribution >= 0.6 is 11.8 Å². The van der Waals surface area contributed by atoms with E-state index >= 15 is 0 Å². The highest BCUT2D eigenvalue weighted by Crippen LogP contribution is 2.27. The molecule has 0 saturated heterocycles. The van der Waals surface area contributed by atoms with Gasteiger partial charge in [0, 0.05) is 0 Å². The Balaban J connectivity index is 1.50. The highest BCUT2D eigenvalue weighted by atomic mass is 32.2. The fraction of sp³-hybridized carbons (Fsp3) is 0.120. The summed E-state index contributed by atoms with van der Waals surface area (Å²) < 4.78 is 12.0. The minimum Gasteiger partial charge on any atom is -0.493 e. The molecule has 0 radical (unpaired) electrons. The number of carbonyl (C=O) groups excluding carboxylic acids is 1. The third kappa shape index (κ3) is 5.10. The molecule has 0 spiro atoms. The average Bonchev–Trinajstić information content (AvgIpc) is 2.88. The first kappa shape index (κ1) is 23.1. The number of hydrazone groups is 1. The molecule has 0 fully saturated rings. The number of hydrogen-bond acceptors (Lipinski definition) is 7. The van der Waals surface area contributed by atoms with Gasteiger partial charge in [-0.15, -0.1) is 0 Å². The van der Waals surface area contributed by atoms with Crippen LogP contribution in [0.5, 0.6) is 11.5 Å².